The van der Waals surface area contributed by atoms with E-state index in [0.29, 0.717) is 18.2 Å². The summed E-state index contributed by atoms with van der Waals surface area (Å²) in [5, 5.41) is 6.66. The van der Waals surface area contributed by atoms with Gasteiger partial charge in [-0.15, -0.1) is 0 Å². The van der Waals surface area contributed by atoms with Crippen molar-refractivity contribution in [3.63, 3.8) is 0 Å². The van der Waals surface area contributed by atoms with Gasteiger partial charge in [0.1, 0.15) is 11.2 Å². The number of para-hydroxylation sites is 1. The van der Waals surface area contributed by atoms with Gasteiger partial charge in [0, 0.05) is 21.9 Å². The monoisotopic (exact) mass is 667 g/mol. The molecule has 0 amide bonds. The fourth-order valence-electron chi connectivity index (χ4n) is 7.04. The Kier molecular flexibility index (Phi) is 8.03. The standard InChI is InChI=1S/C48H33N3O/c1-49-48(51-47(50-31-32-11-3-2-4-12-32)40-26-22-34-14-6-8-16-38(34)30-40)46-41(27-28-44-45(46)42-17-9-10-18-43(42)52-44)36-23-19-35(20-24-36)39-25-21-33-13-5-7-15-37(33)29-39/h2-30H,1,31H2. The van der Waals surface area contributed by atoms with Crippen LogP contribution >= 0.6 is 0 Å². The van der Waals surface area contributed by atoms with Crippen molar-refractivity contribution in [1.29, 1.82) is 0 Å². The summed E-state index contributed by atoms with van der Waals surface area (Å²) in [5.41, 5.74) is 8.76. The maximum absolute atomic E-state index is 6.39. The Morgan fingerprint density at radius 2 is 1.13 bits per heavy atom. The molecule has 0 saturated carbocycles. The zero-order valence-corrected chi connectivity index (χ0v) is 28.4. The van der Waals surface area contributed by atoms with Crippen molar-refractivity contribution in [1.82, 2.24) is 0 Å². The second-order valence-corrected chi connectivity index (χ2v) is 12.9. The van der Waals surface area contributed by atoms with E-state index in [9.17, 15) is 0 Å². The highest BCUT2D eigenvalue weighted by Gasteiger charge is 2.21. The molecule has 0 fully saturated rings. The second kappa shape index (κ2) is 13.4. The van der Waals surface area contributed by atoms with Gasteiger partial charge in [0.05, 0.1) is 6.54 Å². The van der Waals surface area contributed by atoms with Crippen molar-refractivity contribution >= 4 is 61.9 Å². The maximum atomic E-state index is 6.39. The summed E-state index contributed by atoms with van der Waals surface area (Å²) in [5.74, 6) is 1.06. The van der Waals surface area contributed by atoms with Gasteiger partial charge >= 0.3 is 0 Å². The molecule has 0 unspecified atom stereocenters. The normalized spacial score (nSPS) is 12.2. The number of rotatable bonds is 6. The number of hydrogen-bond donors (Lipinski definition) is 0. The number of furan rings is 1. The van der Waals surface area contributed by atoms with Crippen molar-refractivity contribution in [2.24, 2.45) is 15.0 Å². The maximum Gasteiger partial charge on any atom is 0.162 e. The summed E-state index contributed by atoms with van der Waals surface area (Å²) < 4.78 is 6.39. The van der Waals surface area contributed by atoms with Crippen LogP contribution in [0.4, 0.5) is 0 Å². The molecular weight excluding hydrogens is 635 g/mol. The molecule has 0 radical (unpaired) electrons. The van der Waals surface area contributed by atoms with Crippen LogP contribution in [0.2, 0.25) is 0 Å². The summed E-state index contributed by atoms with van der Waals surface area (Å²) in [6, 6.07) is 60.9. The van der Waals surface area contributed by atoms with Crippen molar-refractivity contribution < 1.29 is 4.42 Å². The minimum Gasteiger partial charge on any atom is -0.456 e. The van der Waals surface area contributed by atoms with Crippen LogP contribution in [0.5, 0.6) is 0 Å². The van der Waals surface area contributed by atoms with Crippen molar-refractivity contribution in [3.05, 3.63) is 193 Å². The minimum atomic E-state index is 0.471. The van der Waals surface area contributed by atoms with Crippen molar-refractivity contribution in [3.8, 4) is 22.3 Å². The minimum absolute atomic E-state index is 0.471. The van der Waals surface area contributed by atoms with Gasteiger partial charge in [0.15, 0.2) is 11.7 Å². The number of amidine groups is 2. The van der Waals surface area contributed by atoms with E-state index in [1.807, 2.05) is 42.5 Å². The molecule has 0 N–H and O–H groups in total. The zero-order chi connectivity index (χ0) is 34.9. The first-order valence-corrected chi connectivity index (χ1v) is 17.4. The Bertz CT molecular complexity index is 2830. The van der Waals surface area contributed by atoms with E-state index in [4.69, 9.17) is 14.4 Å². The highest BCUT2D eigenvalue weighted by molar-refractivity contribution is 6.25. The lowest BCUT2D eigenvalue weighted by atomic mass is 9.93. The molecule has 0 atom stereocenters. The largest absolute Gasteiger partial charge is 0.456 e. The third-order valence-electron chi connectivity index (χ3n) is 9.67. The first-order valence-electron chi connectivity index (χ1n) is 17.4. The first-order chi connectivity index (χ1) is 25.7. The molecule has 1 aromatic heterocycles. The smallest absolute Gasteiger partial charge is 0.162 e. The molecule has 0 aliphatic carbocycles. The van der Waals surface area contributed by atoms with E-state index in [1.165, 1.54) is 16.3 Å². The number of nitrogens with zero attached hydrogens (tertiary/aromatic N) is 3. The molecule has 52 heavy (non-hydrogen) atoms. The van der Waals surface area contributed by atoms with Gasteiger partial charge in [0.2, 0.25) is 0 Å². The van der Waals surface area contributed by atoms with Crippen molar-refractivity contribution in [2.75, 3.05) is 0 Å². The molecule has 0 spiro atoms. The third kappa shape index (κ3) is 5.86. The van der Waals surface area contributed by atoms with Crippen LogP contribution in [-0.2, 0) is 6.54 Å². The summed E-state index contributed by atoms with van der Waals surface area (Å²) in [6.07, 6.45) is 0. The van der Waals surface area contributed by atoms with Gasteiger partial charge in [-0.1, -0.05) is 146 Å². The molecule has 9 rings (SSSR count). The fourth-order valence-corrected chi connectivity index (χ4v) is 7.04. The lowest BCUT2D eigenvalue weighted by molar-refractivity contribution is 0.669. The van der Waals surface area contributed by atoms with Gasteiger partial charge in [-0.25, -0.2) is 9.98 Å². The van der Waals surface area contributed by atoms with E-state index in [2.05, 4.69) is 145 Å². The van der Waals surface area contributed by atoms with Gasteiger partial charge in [-0.05, 0) is 86.4 Å². The Labute approximate surface area is 301 Å². The molecule has 0 saturated heterocycles. The van der Waals surface area contributed by atoms with Gasteiger partial charge in [-0.3, -0.25) is 4.99 Å². The lowest BCUT2D eigenvalue weighted by Gasteiger charge is -2.13. The predicted molar refractivity (Wildman–Crippen MR) is 219 cm³/mol. The number of fused-ring (bicyclic) bond motifs is 5. The van der Waals surface area contributed by atoms with Crippen LogP contribution in [0.1, 0.15) is 16.7 Å². The molecule has 9 aromatic rings. The molecule has 0 aliphatic heterocycles. The SMILES string of the molecule is C=NC(=NC(=NCc1ccccc1)c1ccc2ccccc2c1)c1c(-c2ccc(-c3ccc4ccccc4c3)cc2)ccc2oc3ccccc3c12. The lowest BCUT2D eigenvalue weighted by Crippen LogP contribution is -2.07. The Hall–Kier alpha value is -6.91. The van der Waals surface area contributed by atoms with Crippen molar-refractivity contribution in [2.45, 2.75) is 6.54 Å². The van der Waals surface area contributed by atoms with E-state index in [-0.39, 0.29) is 0 Å². The van der Waals surface area contributed by atoms with Gasteiger partial charge < -0.3 is 4.42 Å². The number of benzene rings is 8. The Morgan fingerprint density at radius 3 is 1.90 bits per heavy atom. The topological polar surface area (TPSA) is 50.2 Å². The summed E-state index contributed by atoms with van der Waals surface area (Å²) in [7, 11) is 0. The Balaban J connectivity index is 1.22. The average Bonchev–Trinajstić information content (AvgIpc) is 3.60. The van der Waals surface area contributed by atoms with Crippen LogP contribution in [0.3, 0.4) is 0 Å². The Morgan fingerprint density at radius 1 is 0.500 bits per heavy atom. The molecule has 0 aliphatic rings. The quantitative estimate of drug-likeness (QED) is 0.129. The van der Waals surface area contributed by atoms with E-state index < -0.39 is 0 Å². The first kappa shape index (κ1) is 31.1. The third-order valence-corrected chi connectivity index (χ3v) is 9.67. The predicted octanol–water partition coefficient (Wildman–Crippen LogP) is 12.3. The highest BCUT2D eigenvalue weighted by Crippen LogP contribution is 2.38. The van der Waals surface area contributed by atoms with E-state index >= 15 is 0 Å². The molecular formula is C48H33N3O. The van der Waals surface area contributed by atoms with Crippen LogP contribution in [0, 0.1) is 0 Å². The van der Waals surface area contributed by atoms with Crippen LogP contribution in [0.25, 0.3) is 65.7 Å². The summed E-state index contributed by atoms with van der Waals surface area (Å²) in [4.78, 5) is 15.0. The molecule has 1 heterocycles. The van der Waals surface area contributed by atoms with E-state index in [1.54, 1.807) is 0 Å². The van der Waals surface area contributed by atoms with Gasteiger partial charge in [-0.2, -0.15) is 0 Å². The molecule has 0 bridgehead atoms. The summed E-state index contributed by atoms with van der Waals surface area (Å²) >= 11 is 0. The molecule has 246 valence electrons. The van der Waals surface area contributed by atoms with Gasteiger partial charge in [0.25, 0.3) is 0 Å². The van der Waals surface area contributed by atoms with E-state index in [0.717, 1.165) is 66.1 Å². The average molecular weight is 668 g/mol. The second-order valence-electron chi connectivity index (χ2n) is 12.9. The fraction of sp³-hybridized carbons (Fsp3) is 0.0208. The van der Waals surface area contributed by atoms with Crippen LogP contribution < -0.4 is 0 Å². The molecule has 4 nitrogen and oxygen atoms in total. The zero-order valence-electron chi connectivity index (χ0n) is 28.4. The highest BCUT2D eigenvalue weighted by atomic mass is 16.3. The summed E-state index contributed by atoms with van der Waals surface area (Å²) in [6.45, 7) is 4.54. The van der Waals surface area contributed by atoms with Crippen LogP contribution in [0.15, 0.2) is 195 Å². The molecule has 4 heteroatoms. The number of aliphatic imine (C=N–C) groups is 3. The number of hydrogen-bond acceptors (Lipinski definition) is 2. The molecule has 8 aromatic carbocycles. The van der Waals surface area contributed by atoms with Crippen LogP contribution in [-0.4, -0.2) is 18.4 Å².